The lowest BCUT2D eigenvalue weighted by Gasteiger charge is -2.26. The first kappa shape index (κ1) is 15.4. The third-order valence-corrected chi connectivity index (χ3v) is 3.82. The molecule has 1 aromatic carbocycles. The van der Waals surface area contributed by atoms with Crippen molar-refractivity contribution in [3.8, 4) is 0 Å². The van der Waals surface area contributed by atoms with Crippen LogP contribution in [0.3, 0.4) is 0 Å². The Morgan fingerprint density at radius 1 is 1.42 bits per heavy atom. The first-order valence-corrected chi connectivity index (χ1v) is 6.40. The molecule has 0 saturated heterocycles. The number of carbonyl (C=O) groups is 1. The molecule has 0 amide bonds. The number of carboxylic acid groups (broad SMARTS) is 1. The standard InChI is InChI=1S/C13H16ClNO4/c1-3-13(4-2,12(16)17)8-9-5-6-10(14)7-11(9)15(18)19/h5-7H,3-4,8H2,1-2H3,(H,16,17). The average Bonchev–Trinajstić information content (AvgIpc) is 2.37. The molecule has 0 atom stereocenters. The van der Waals surface area contributed by atoms with E-state index in [0.29, 0.717) is 18.4 Å². The topological polar surface area (TPSA) is 80.4 Å². The van der Waals surface area contributed by atoms with E-state index >= 15 is 0 Å². The quantitative estimate of drug-likeness (QED) is 0.638. The van der Waals surface area contributed by atoms with Crippen LogP contribution in [-0.4, -0.2) is 16.0 Å². The van der Waals surface area contributed by atoms with E-state index in [4.69, 9.17) is 11.6 Å². The van der Waals surface area contributed by atoms with Gasteiger partial charge in [0.25, 0.3) is 5.69 Å². The zero-order valence-corrected chi connectivity index (χ0v) is 11.6. The number of nitro benzene ring substituents is 1. The summed E-state index contributed by atoms with van der Waals surface area (Å²) in [7, 11) is 0. The Kier molecular flexibility index (Phi) is 4.89. The van der Waals surface area contributed by atoms with Gasteiger partial charge in [0.1, 0.15) is 0 Å². The van der Waals surface area contributed by atoms with Crippen molar-refractivity contribution in [3.05, 3.63) is 38.9 Å². The third-order valence-electron chi connectivity index (χ3n) is 3.58. The fourth-order valence-corrected chi connectivity index (χ4v) is 2.27. The molecule has 1 rings (SSSR count). The molecule has 0 fully saturated rings. The number of hydrogen-bond acceptors (Lipinski definition) is 3. The maximum Gasteiger partial charge on any atom is 0.309 e. The molecule has 0 bridgehead atoms. The summed E-state index contributed by atoms with van der Waals surface area (Å²) in [6.07, 6.45) is 0.958. The van der Waals surface area contributed by atoms with Crippen LogP contribution in [0.2, 0.25) is 5.02 Å². The predicted octanol–water partition coefficient (Wildman–Crippen LogP) is 3.68. The molecule has 0 heterocycles. The van der Waals surface area contributed by atoms with Gasteiger partial charge in [0.05, 0.1) is 10.3 Å². The van der Waals surface area contributed by atoms with Crippen LogP contribution < -0.4 is 0 Å². The summed E-state index contributed by atoms with van der Waals surface area (Å²) in [6, 6.07) is 4.33. The van der Waals surface area contributed by atoms with Crippen molar-refractivity contribution < 1.29 is 14.8 Å². The fourth-order valence-electron chi connectivity index (χ4n) is 2.10. The van der Waals surface area contributed by atoms with Crippen LogP contribution in [0.4, 0.5) is 5.69 Å². The van der Waals surface area contributed by atoms with Crippen molar-refractivity contribution in [1.29, 1.82) is 0 Å². The highest BCUT2D eigenvalue weighted by Crippen LogP contribution is 2.35. The van der Waals surface area contributed by atoms with Crippen LogP contribution in [0, 0.1) is 15.5 Å². The molecule has 104 valence electrons. The zero-order chi connectivity index (χ0) is 14.6. The summed E-state index contributed by atoms with van der Waals surface area (Å²) in [4.78, 5) is 21.9. The van der Waals surface area contributed by atoms with Gasteiger partial charge in [-0.3, -0.25) is 14.9 Å². The maximum atomic E-state index is 11.4. The molecule has 1 aromatic rings. The second kappa shape index (κ2) is 6.02. The highest BCUT2D eigenvalue weighted by molar-refractivity contribution is 6.30. The summed E-state index contributed by atoms with van der Waals surface area (Å²) in [6.45, 7) is 3.55. The SMILES string of the molecule is CCC(CC)(Cc1ccc(Cl)cc1[N+](=O)[O-])C(=O)O. The molecule has 0 saturated carbocycles. The molecular formula is C13H16ClNO4. The molecule has 0 aromatic heterocycles. The maximum absolute atomic E-state index is 11.4. The van der Waals surface area contributed by atoms with Gasteiger partial charge in [0, 0.05) is 16.7 Å². The summed E-state index contributed by atoms with van der Waals surface area (Å²) in [5.41, 5.74) is -0.695. The van der Waals surface area contributed by atoms with Crippen LogP contribution >= 0.6 is 11.6 Å². The number of rotatable bonds is 6. The number of nitrogens with zero attached hydrogens (tertiary/aromatic N) is 1. The summed E-state index contributed by atoms with van der Waals surface area (Å²) < 4.78 is 0. The molecule has 0 unspecified atom stereocenters. The molecule has 0 radical (unpaired) electrons. The van der Waals surface area contributed by atoms with Gasteiger partial charge >= 0.3 is 5.97 Å². The monoisotopic (exact) mass is 285 g/mol. The van der Waals surface area contributed by atoms with Gasteiger partial charge in [-0.1, -0.05) is 31.5 Å². The molecule has 0 spiro atoms. The van der Waals surface area contributed by atoms with E-state index in [-0.39, 0.29) is 17.1 Å². The molecule has 6 heteroatoms. The van der Waals surface area contributed by atoms with Gasteiger partial charge in [0.2, 0.25) is 0 Å². The minimum Gasteiger partial charge on any atom is -0.481 e. The smallest absolute Gasteiger partial charge is 0.309 e. The number of halogens is 1. The Hall–Kier alpha value is -1.62. The lowest BCUT2D eigenvalue weighted by molar-refractivity contribution is -0.385. The normalized spacial score (nSPS) is 11.3. The molecule has 0 aliphatic rings. The third kappa shape index (κ3) is 3.23. The summed E-state index contributed by atoms with van der Waals surface area (Å²) in [5.74, 6) is -0.929. The van der Waals surface area contributed by atoms with Crippen LogP contribution in [0.5, 0.6) is 0 Å². The molecule has 0 aliphatic heterocycles. The van der Waals surface area contributed by atoms with Crippen LogP contribution in [0.15, 0.2) is 18.2 Å². The predicted molar refractivity (Wildman–Crippen MR) is 72.5 cm³/mol. The van der Waals surface area contributed by atoms with E-state index in [1.54, 1.807) is 19.9 Å². The lowest BCUT2D eigenvalue weighted by Crippen LogP contribution is -2.32. The first-order valence-electron chi connectivity index (χ1n) is 6.02. The van der Waals surface area contributed by atoms with Crippen LogP contribution in [0.1, 0.15) is 32.3 Å². The zero-order valence-electron chi connectivity index (χ0n) is 10.9. The number of carboxylic acids is 1. The van der Waals surface area contributed by atoms with Gasteiger partial charge in [-0.25, -0.2) is 0 Å². The molecular weight excluding hydrogens is 270 g/mol. The van der Waals surface area contributed by atoms with Gasteiger partial charge in [-0.05, 0) is 25.3 Å². The second-order valence-corrected chi connectivity index (χ2v) is 4.94. The Bertz CT molecular complexity index is 497. The van der Waals surface area contributed by atoms with Crippen molar-refractivity contribution in [2.75, 3.05) is 0 Å². The molecule has 0 aliphatic carbocycles. The van der Waals surface area contributed by atoms with E-state index in [9.17, 15) is 20.0 Å². The highest BCUT2D eigenvalue weighted by Gasteiger charge is 2.36. The molecule has 5 nitrogen and oxygen atoms in total. The molecule has 19 heavy (non-hydrogen) atoms. The summed E-state index contributed by atoms with van der Waals surface area (Å²) in [5, 5.41) is 20.6. The Morgan fingerprint density at radius 3 is 2.42 bits per heavy atom. The average molecular weight is 286 g/mol. The minimum atomic E-state index is -0.974. The highest BCUT2D eigenvalue weighted by atomic mass is 35.5. The lowest BCUT2D eigenvalue weighted by atomic mass is 9.77. The van der Waals surface area contributed by atoms with E-state index in [2.05, 4.69) is 0 Å². The van der Waals surface area contributed by atoms with Crippen molar-refractivity contribution in [1.82, 2.24) is 0 Å². The first-order chi connectivity index (χ1) is 8.86. The van der Waals surface area contributed by atoms with Crippen LogP contribution in [0.25, 0.3) is 0 Å². The number of nitro groups is 1. The van der Waals surface area contributed by atoms with Crippen molar-refractivity contribution in [2.45, 2.75) is 33.1 Å². The van der Waals surface area contributed by atoms with Gasteiger partial charge in [-0.15, -0.1) is 0 Å². The number of aliphatic carboxylic acids is 1. The Morgan fingerprint density at radius 2 is 2.00 bits per heavy atom. The second-order valence-electron chi connectivity index (χ2n) is 4.50. The van der Waals surface area contributed by atoms with Crippen LogP contribution in [-0.2, 0) is 11.2 Å². The molecule has 1 N–H and O–H groups in total. The fraction of sp³-hybridized carbons (Fsp3) is 0.462. The minimum absolute atomic E-state index is 0.125. The number of benzene rings is 1. The Balaban J connectivity index is 3.24. The van der Waals surface area contributed by atoms with E-state index in [1.807, 2.05) is 0 Å². The van der Waals surface area contributed by atoms with Gasteiger partial charge < -0.3 is 5.11 Å². The van der Waals surface area contributed by atoms with Gasteiger partial charge in [0.15, 0.2) is 0 Å². The van der Waals surface area contributed by atoms with Crippen molar-refractivity contribution >= 4 is 23.3 Å². The van der Waals surface area contributed by atoms with E-state index in [0.717, 1.165) is 0 Å². The van der Waals surface area contributed by atoms with Gasteiger partial charge in [-0.2, -0.15) is 0 Å². The largest absolute Gasteiger partial charge is 0.481 e. The van der Waals surface area contributed by atoms with Crippen molar-refractivity contribution in [3.63, 3.8) is 0 Å². The van der Waals surface area contributed by atoms with E-state index in [1.165, 1.54) is 12.1 Å². The number of hydrogen-bond donors (Lipinski definition) is 1. The summed E-state index contributed by atoms with van der Waals surface area (Å²) >= 11 is 5.74. The van der Waals surface area contributed by atoms with E-state index < -0.39 is 16.3 Å². The Labute approximate surface area is 116 Å². The van der Waals surface area contributed by atoms with Crippen molar-refractivity contribution in [2.24, 2.45) is 5.41 Å².